The number of rotatable bonds is 10. The fourth-order valence-electron chi connectivity index (χ4n) is 2.74. The minimum absolute atomic E-state index is 0.156. The van der Waals surface area contributed by atoms with Crippen LogP contribution in [0.1, 0.15) is 87.7 Å². The number of pyridine rings is 1. The van der Waals surface area contributed by atoms with Gasteiger partial charge in [0.2, 0.25) is 0 Å². The second kappa shape index (κ2) is 9.93. The number of unbranched alkanes of at least 4 members (excludes halogenated alkanes) is 7. The highest BCUT2D eigenvalue weighted by atomic mass is 14.7. The highest BCUT2D eigenvalue weighted by molar-refractivity contribution is 5.24. The fourth-order valence-corrected chi connectivity index (χ4v) is 2.74. The molecule has 0 spiro atoms. The first-order valence-electron chi connectivity index (χ1n) is 8.35. The first-order chi connectivity index (χ1) is 9.65. The van der Waals surface area contributed by atoms with Gasteiger partial charge < -0.3 is 5.73 Å². The van der Waals surface area contributed by atoms with Crippen molar-refractivity contribution in [3.8, 4) is 0 Å². The lowest BCUT2D eigenvalue weighted by Crippen LogP contribution is -2.12. The maximum absolute atomic E-state index is 6.29. The largest absolute Gasteiger partial charge is 0.324 e. The zero-order valence-corrected chi connectivity index (χ0v) is 13.6. The average Bonchev–Trinajstić information content (AvgIpc) is 2.41. The molecule has 20 heavy (non-hydrogen) atoms. The lowest BCUT2D eigenvalue weighted by molar-refractivity contribution is 0.534. The van der Waals surface area contributed by atoms with Crippen molar-refractivity contribution >= 4 is 0 Å². The smallest absolute Gasteiger partial charge is 0.0423 e. The normalized spacial score (nSPS) is 12.6. The molecule has 1 unspecified atom stereocenters. The molecule has 0 aliphatic carbocycles. The Bertz CT molecular complexity index is 374. The molecule has 2 N–H and O–H groups in total. The molecule has 0 aromatic carbocycles. The highest BCUT2D eigenvalue weighted by Crippen LogP contribution is 2.20. The van der Waals surface area contributed by atoms with Gasteiger partial charge in [0, 0.05) is 17.4 Å². The van der Waals surface area contributed by atoms with Crippen molar-refractivity contribution in [1.82, 2.24) is 4.98 Å². The molecule has 2 heteroatoms. The van der Waals surface area contributed by atoms with Gasteiger partial charge in [0.1, 0.15) is 0 Å². The molecule has 0 radical (unpaired) electrons. The minimum atomic E-state index is 0.156. The van der Waals surface area contributed by atoms with Crippen LogP contribution in [0.25, 0.3) is 0 Å². The van der Waals surface area contributed by atoms with E-state index in [1.54, 1.807) is 0 Å². The lowest BCUT2D eigenvalue weighted by atomic mass is 9.99. The SMILES string of the molecule is CCCCCCCCCCC(N)c1ccc(C)nc1C. The summed E-state index contributed by atoms with van der Waals surface area (Å²) in [7, 11) is 0. The topological polar surface area (TPSA) is 38.9 Å². The molecular weight excluding hydrogens is 244 g/mol. The summed E-state index contributed by atoms with van der Waals surface area (Å²) in [5, 5.41) is 0. The van der Waals surface area contributed by atoms with E-state index in [0.717, 1.165) is 17.8 Å². The predicted molar refractivity (Wildman–Crippen MR) is 87.9 cm³/mol. The minimum Gasteiger partial charge on any atom is -0.324 e. The molecule has 0 amide bonds. The fraction of sp³-hybridized carbons (Fsp3) is 0.722. The monoisotopic (exact) mass is 276 g/mol. The highest BCUT2D eigenvalue weighted by Gasteiger charge is 2.09. The molecule has 0 saturated carbocycles. The van der Waals surface area contributed by atoms with Gasteiger partial charge in [0.25, 0.3) is 0 Å². The maximum atomic E-state index is 6.29. The summed E-state index contributed by atoms with van der Waals surface area (Å²) in [5.74, 6) is 0. The van der Waals surface area contributed by atoms with E-state index in [1.807, 2.05) is 6.92 Å². The summed E-state index contributed by atoms with van der Waals surface area (Å²) in [4.78, 5) is 4.50. The van der Waals surface area contributed by atoms with Crippen LogP contribution >= 0.6 is 0 Å². The summed E-state index contributed by atoms with van der Waals surface area (Å²) in [6, 6.07) is 4.37. The van der Waals surface area contributed by atoms with Gasteiger partial charge in [-0.15, -0.1) is 0 Å². The average molecular weight is 276 g/mol. The Balaban J connectivity index is 2.15. The van der Waals surface area contributed by atoms with E-state index in [-0.39, 0.29) is 6.04 Å². The first-order valence-corrected chi connectivity index (χ1v) is 8.35. The Labute approximate surface area is 125 Å². The van der Waals surface area contributed by atoms with Gasteiger partial charge in [-0.3, -0.25) is 4.98 Å². The Morgan fingerprint density at radius 3 is 2.15 bits per heavy atom. The molecule has 0 saturated heterocycles. The van der Waals surface area contributed by atoms with Crippen LogP contribution in [0, 0.1) is 13.8 Å². The van der Waals surface area contributed by atoms with Crippen molar-refractivity contribution in [2.75, 3.05) is 0 Å². The van der Waals surface area contributed by atoms with Gasteiger partial charge in [-0.1, -0.05) is 64.4 Å². The van der Waals surface area contributed by atoms with Crippen LogP contribution in [-0.4, -0.2) is 4.98 Å². The van der Waals surface area contributed by atoms with Crippen molar-refractivity contribution in [1.29, 1.82) is 0 Å². The van der Waals surface area contributed by atoms with Gasteiger partial charge in [0.05, 0.1) is 0 Å². The zero-order valence-electron chi connectivity index (χ0n) is 13.6. The quantitative estimate of drug-likeness (QED) is 0.594. The molecule has 0 bridgehead atoms. The lowest BCUT2D eigenvalue weighted by Gasteiger charge is -2.14. The van der Waals surface area contributed by atoms with Gasteiger partial charge in [-0.25, -0.2) is 0 Å². The third-order valence-electron chi connectivity index (χ3n) is 4.03. The van der Waals surface area contributed by atoms with Crippen LogP contribution in [0.2, 0.25) is 0 Å². The van der Waals surface area contributed by atoms with Crippen LogP contribution in [0.15, 0.2) is 12.1 Å². The summed E-state index contributed by atoms with van der Waals surface area (Å²) in [5.41, 5.74) is 9.68. The van der Waals surface area contributed by atoms with Gasteiger partial charge in [-0.2, -0.15) is 0 Å². The molecule has 0 aliphatic rings. The van der Waals surface area contributed by atoms with Crippen molar-refractivity contribution in [2.24, 2.45) is 5.73 Å². The van der Waals surface area contributed by atoms with Crippen molar-refractivity contribution < 1.29 is 0 Å². The number of nitrogens with two attached hydrogens (primary N) is 1. The molecule has 1 rings (SSSR count). The van der Waals surface area contributed by atoms with E-state index in [9.17, 15) is 0 Å². The molecular formula is C18H32N2. The van der Waals surface area contributed by atoms with Crippen molar-refractivity contribution in [3.63, 3.8) is 0 Å². The summed E-state index contributed by atoms with van der Waals surface area (Å²) >= 11 is 0. The van der Waals surface area contributed by atoms with Gasteiger partial charge >= 0.3 is 0 Å². The Morgan fingerprint density at radius 2 is 1.55 bits per heavy atom. The van der Waals surface area contributed by atoms with Crippen molar-refractivity contribution in [2.45, 2.75) is 84.6 Å². The predicted octanol–water partition coefficient (Wildman–Crippen LogP) is 5.23. The standard InChI is InChI=1S/C18H32N2/c1-4-5-6-7-8-9-10-11-12-18(19)17-14-13-15(2)20-16(17)3/h13-14,18H,4-12,19H2,1-3H3. The van der Waals surface area contributed by atoms with E-state index < -0.39 is 0 Å². The summed E-state index contributed by atoms with van der Waals surface area (Å²) < 4.78 is 0. The molecule has 1 heterocycles. The Morgan fingerprint density at radius 1 is 0.950 bits per heavy atom. The second-order valence-corrected chi connectivity index (χ2v) is 6.00. The molecule has 1 aromatic heterocycles. The van der Waals surface area contributed by atoms with E-state index >= 15 is 0 Å². The first kappa shape index (κ1) is 17.2. The number of nitrogens with zero attached hydrogens (tertiary/aromatic N) is 1. The molecule has 1 atom stereocenters. The van der Waals surface area contributed by atoms with Crippen LogP contribution in [-0.2, 0) is 0 Å². The van der Waals surface area contributed by atoms with Crippen LogP contribution < -0.4 is 5.73 Å². The van der Waals surface area contributed by atoms with E-state index in [1.165, 1.54) is 56.9 Å². The second-order valence-electron chi connectivity index (χ2n) is 6.00. The molecule has 1 aromatic rings. The van der Waals surface area contributed by atoms with E-state index in [2.05, 4.69) is 31.0 Å². The molecule has 0 aliphatic heterocycles. The van der Waals surface area contributed by atoms with Crippen LogP contribution in [0.5, 0.6) is 0 Å². The summed E-state index contributed by atoms with van der Waals surface area (Å²) in [6.07, 6.45) is 11.9. The zero-order chi connectivity index (χ0) is 14.8. The van der Waals surface area contributed by atoms with Crippen LogP contribution in [0.4, 0.5) is 0 Å². The number of aromatic nitrogens is 1. The number of hydrogen-bond donors (Lipinski definition) is 1. The third-order valence-corrected chi connectivity index (χ3v) is 4.03. The maximum Gasteiger partial charge on any atom is 0.0423 e. The Hall–Kier alpha value is -0.890. The summed E-state index contributed by atoms with van der Waals surface area (Å²) in [6.45, 7) is 6.36. The number of hydrogen-bond acceptors (Lipinski definition) is 2. The third kappa shape index (κ3) is 6.51. The van der Waals surface area contributed by atoms with E-state index in [4.69, 9.17) is 5.73 Å². The van der Waals surface area contributed by atoms with Crippen LogP contribution in [0.3, 0.4) is 0 Å². The molecule has 114 valence electrons. The van der Waals surface area contributed by atoms with Gasteiger partial charge in [-0.05, 0) is 31.9 Å². The number of aryl methyl sites for hydroxylation is 2. The Kier molecular flexibility index (Phi) is 8.52. The van der Waals surface area contributed by atoms with Crippen molar-refractivity contribution in [3.05, 3.63) is 29.1 Å². The molecule has 0 fully saturated rings. The molecule has 2 nitrogen and oxygen atoms in total. The van der Waals surface area contributed by atoms with E-state index in [0.29, 0.717) is 0 Å². The van der Waals surface area contributed by atoms with Gasteiger partial charge in [0.15, 0.2) is 0 Å².